The molecule has 2 rings (SSSR count). The Balaban J connectivity index is 2.32. The van der Waals surface area contributed by atoms with Gasteiger partial charge in [0, 0.05) is 16.5 Å². The van der Waals surface area contributed by atoms with Crippen LogP contribution in [0.25, 0.3) is 0 Å². The predicted octanol–water partition coefficient (Wildman–Crippen LogP) is 4.27. The van der Waals surface area contributed by atoms with Crippen LogP contribution in [0.4, 0.5) is 4.39 Å². The molecule has 1 aromatic carbocycles. The molecule has 0 bridgehead atoms. The molecular formula is C15H21ClFN. The lowest BCUT2D eigenvalue weighted by Gasteiger charge is -2.48. The summed E-state index contributed by atoms with van der Waals surface area (Å²) in [6.07, 6.45) is 4.28. The maximum Gasteiger partial charge on any atom is 0.124 e. The Morgan fingerprint density at radius 2 is 2.06 bits per heavy atom. The first kappa shape index (κ1) is 13.8. The molecule has 0 aromatic heterocycles. The lowest BCUT2D eigenvalue weighted by Crippen LogP contribution is -2.51. The molecule has 1 saturated carbocycles. The SMILES string of the molecule is CC(C)CC(N)C1(c2ccc(F)cc2Cl)CCC1. The summed E-state index contributed by atoms with van der Waals surface area (Å²) >= 11 is 6.21. The fourth-order valence-electron chi connectivity index (χ4n) is 3.02. The minimum absolute atomic E-state index is 0.0327. The monoisotopic (exact) mass is 269 g/mol. The van der Waals surface area contributed by atoms with E-state index in [-0.39, 0.29) is 17.3 Å². The van der Waals surface area contributed by atoms with Gasteiger partial charge in [-0.25, -0.2) is 4.39 Å². The molecule has 0 radical (unpaired) electrons. The minimum atomic E-state index is -0.282. The number of hydrogen-bond donors (Lipinski definition) is 1. The van der Waals surface area contributed by atoms with E-state index < -0.39 is 0 Å². The molecule has 100 valence electrons. The Morgan fingerprint density at radius 1 is 1.39 bits per heavy atom. The lowest BCUT2D eigenvalue weighted by atomic mass is 9.59. The van der Waals surface area contributed by atoms with Gasteiger partial charge in [0.1, 0.15) is 5.82 Å². The van der Waals surface area contributed by atoms with Crippen molar-refractivity contribution < 1.29 is 4.39 Å². The van der Waals surface area contributed by atoms with Crippen LogP contribution in [-0.4, -0.2) is 6.04 Å². The first-order chi connectivity index (χ1) is 8.45. The summed E-state index contributed by atoms with van der Waals surface area (Å²) in [5.74, 6) is 0.285. The number of hydrogen-bond acceptors (Lipinski definition) is 1. The van der Waals surface area contributed by atoms with Gasteiger partial charge in [0.2, 0.25) is 0 Å². The van der Waals surface area contributed by atoms with Gasteiger partial charge in [0.15, 0.2) is 0 Å². The van der Waals surface area contributed by atoms with E-state index in [1.807, 2.05) is 6.07 Å². The van der Waals surface area contributed by atoms with E-state index in [4.69, 9.17) is 17.3 Å². The highest BCUT2D eigenvalue weighted by atomic mass is 35.5. The van der Waals surface area contributed by atoms with Crippen LogP contribution in [0.2, 0.25) is 5.02 Å². The summed E-state index contributed by atoms with van der Waals surface area (Å²) in [6, 6.07) is 4.81. The largest absolute Gasteiger partial charge is 0.327 e. The van der Waals surface area contributed by atoms with Crippen molar-refractivity contribution in [2.45, 2.75) is 51.0 Å². The maximum absolute atomic E-state index is 13.2. The van der Waals surface area contributed by atoms with Crippen molar-refractivity contribution in [3.05, 3.63) is 34.6 Å². The third-order valence-electron chi connectivity index (χ3n) is 4.15. The molecule has 3 heteroatoms. The molecule has 0 heterocycles. The number of halogens is 2. The predicted molar refractivity (Wildman–Crippen MR) is 74.4 cm³/mol. The van der Waals surface area contributed by atoms with Gasteiger partial charge in [-0.1, -0.05) is 37.9 Å². The van der Waals surface area contributed by atoms with E-state index in [2.05, 4.69) is 13.8 Å². The lowest BCUT2D eigenvalue weighted by molar-refractivity contribution is 0.178. The molecule has 0 amide bonds. The van der Waals surface area contributed by atoms with Crippen LogP contribution in [0.3, 0.4) is 0 Å². The molecule has 1 nitrogen and oxygen atoms in total. The van der Waals surface area contributed by atoms with E-state index in [1.165, 1.54) is 18.6 Å². The quantitative estimate of drug-likeness (QED) is 0.868. The van der Waals surface area contributed by atoms with Crippen molar-refractivity contribution in [3.63, 3.8) is 0 Å². The molecule has 1 aliphatic carbocycles. The van der Waals surface area contributed by atoms with Crippen LogP contribution in [-0.2, 0) is 5.41 Å². The van der Waals surface area contributed by atoms with Crippen LogP contribution < -0.4 is 5.73 Å². The molecule has 1 atom stereocenters. The summed E-state index contributed by atoms with van der Waals surface area (Å²) in [7, 11) is 0. The molecule has 1 unspecified atom stereocenters. The molecule has 1 aliphatic rings. The molecule has 0 aliphatic heterocycles. The van der Waals surface area contributed by atoms with Crippen molar-refractivity contribution in [3.8, 4) is 0 Å². The molecule has 0 saturated heterocycles. The van der Waals surface area contributed by atoms with Crippen molar-refractivity contribution in [1.82, 2.24) is 0 Å². The van der Waals surface area contributed by atoms with Crippen LogP contribution in [0, 0.1) is 11.7 Å². The molecule has 2 N–H and O–H groups in total. The highest BCUT2D eigenvalue weighted by molar-refractivity contribution is 6.31. The zero-order valence-corrected chi connectivity index (χ0v) is 11.8. The van der Waals surface area contributed by atoms with Gasteiger partial charge in [-0.15, -0.1) is 0 Å². The second-order valence-corrected chi connectivity index (χ2v) is 6.28. The van der Waals surface area contributed by atoms with Crippen molar-refractivity contribution in [2.75, 3.05) is 0 Å². The standard InChI is InChI=1S/C15H21ClFN/c1-10(2)8-14(18)15(6-3-7-15)12-5-4-11(17)9-13(12)16/h4-5,9-10,14H,3,6-8,18H2,1-2H3. The Morgan fingerprint density at radius 3 is 2.50 bits per heavy atom. The van der Waals surface area contributed by atoms with Gasteiger partial charge in [-0.3, -0.25) is 0 Å². The summed E-state index contributed by atoms with van der Waals surface area (Å²) in [6.45, 7) is 4.36. The third-order valence-corrected chi connectivity index (χ3v) is 4.46. The van der Waals surface area contributed by atoms with Gasteiger partial charge < -0.3 is 5.73 Å². The molecule has 18 heavy (non-hydrogen) atoms. The minimum Gasteiger partial charge on any atom is -0.327 e. The molecule has 1 aromatic rings. The van der Waals surface area contributed by atoms with Crippen LogP contribution in [0.1, 0.15) is 45.1 Å². The van der Waals surface area contributed by atoms with Crippen LogP contribution >= 0.6 is 11.6 Å². The van der Waals surface area contributed by atoms with Gasteiger partial charge in [0.25, 0.3) is 0 Å². The smallest absolute Gasteiger partial charge is 0.124 e. The normalized spacial score (nSPS) is 19.7. The highest BCUT2D eigenvalue weighted by Crippen LogP contribution is 2.49. The van der Waals surface area contributed by atoms with E-state index in [0.29, 0.717) is 10.9 Å². The van der Waals surface area contributed by atoms with E-state index >= 15 is 0 Å². The number of benzene rings is 1. The highest BCUT2D eigenvalue weighted by Gasteiger charge is 2.44. The van der Waals surface area contributed by atoms with Crippen LogP contribution in [0.15, 0.2) is 18.2 Å². The summed E-state index contributed by atoms with van der Waals surface area (Å²) in [5.41, 5.74) is 7.40. The second-order valence-electron chi connectivity index (χ2n) is 5.87. The summed E-state index contributed by atoms with van der Waals surface area (Å²) < 4.78 is 13.2. The van der Waals surface area contributed by atoms with E-state index in [0.717, 1.165) is 24.8 Å². The molecule has 1 fully saturated rings. The van der Waals surface area contributed by atoms with Gasteiger partial charge in [0.05, 0.1) is 0 Å². The fraction of sp³-hybridized carbons (Fsp3) is 0.600. The van der Waals surface area contributed by atoms with Crippen molar-refractivity contribution in [1.29, 1.82) is 0 Å². The summed E-state index contributed by atoms with van der Waals surface area (Å²) in [4.78, 5) is 0. The Bertz CT molecular complexity index is 427. The fourth-order valence-corrected chi connectivity index (χ4v) is 3.38. The summed E-state index contributed by atoms with van der Waals surface area (Å²) in [5, 5.41) is 0.522. The first-order valence-corrected chi connectivity index (χ1v) is 7.04. The van der Waals surface area contributed by atoms with E-state index in [1.54, 1.807) is 0 Å². The third kappa shape index (κ3) is 2.41. The first-order valence-electron chi connectivity index (χ1n) is 6.67. The zero-order valence-electron chi connectivity index (χ0n) is 11.0. The maximum atomic E-state index is 13.2. The van der Waals surface area contributed by atoms with Gasteiger partial charge in [-0.2, -0.15) is 0 Å². The molecular weight excluding hydrogens is 249 g/mol. The van der Waals surface area contributed by atoms with Gasteiger partial charge in [-0.05, 0) is 42.9 Å². The average Bonchev–Trinajstić information content (AvgIpc) is 2.18. The average molecular weight is 270 g/mol. The van der Waals surface area contributed by atoms with E-state index in [9.17, 15) is 4.39 Å². The second kappa shape index (κ2) is 5.18. The Labute approximate surface area is 114 Å². The van der Waals surface area contributed by atoms with Crippen LogP contribution in [0.5, 0.6) is 0 Å². The Hall–Kier alpha value is -0.600. The molecule has 0 spiro atoms. The van der Waals surface area contributed by atoms with Crippen molar-refractivity contribution in [2.24, 2.45) is 11.7 Å². The number of nitrogens with two attached hydrogens (primary N) is 1. The number of rotatable bonds is 4. The van der Waals surface area contributed by atoms with Crippen molar-refractivity contribution >= 4 is 11.6 Å². The zero-order chi connectivity index (χ0) is 13.3. The van der Waals surface area contributed by atoms with Gasteiger partial charge >= 0.3 is 0 Å². The Kier molecular flexibility index (Phi) is 3.98. The topological polar surface area (TPSA) is 26.0 Å².